The first kappa shape index (κ1) is 16.4. The van der Waals surface area contributed by atoms with Crippen molar-refractivity contribution in [3.05, 3.63) is 29.3 Å². The minimum absolute atomic E-state index is 0.327. The number of benzene rings is 1. The summed E-state index contributed by atoms with van der Waals surface area (Å²) in [6, 6.07) is 10.6. The van der Waals surface area contributed by atoms with Crippen molar-refractivity contribution in [1.29, 1.82) is 5.26 Å². The van der Waals surface area contributed by atoms with Gasteiger partial charge in [0.05, 0.1) is 6.07 Å². The molecule has 0 aliphatic heterocycles. The summed E-state index contributed by atoms with van der Waals surface area (Å²) in [6.07, 6.45) is 1.87. The monoisotopic (exact) mass is 296 g/mol. The van der Waals surface area contributed by atoms with E-state index in [1.807, 2.05) is 31.2 Å². The molecule has 1 unspecified atom stereocenters. The third kappa shape index (κ3) is 6.33. The predicted octanol–water partition coefficient (Wildman–Crippen LogP) is 4.49. The van der Waals surface area contributed by atoms with E-state index in [4.69, 9.17) is 11.6 Å². The van der Waals surface area contributed by atoms with Gasteiger partial charge in [0.25, 0.3) is 0 Å². The summed E-state index contributed by atoms with van der Waals surface area (Å²) in [5.74, 6) is 1.01. The Kier molecular flexibility index (Phi) is 6.71. The van der Waals surface area contributed by atoms with Gasteiger partial charge in [-0.3, -0.25) is 5.32 Å². The molecule has 104 valence electrons. The van der Waals surface area contributed by atoms with Gasteiger partial charge < -0.3 is 0 Å². The van der Waals surface area contributed by atoms with Gasteiger partial charge in [-0.1, -0.05) is 11.6 Å². The zero-order valence-electron chi connectivity index (χ0n) is 11.7. The largest absolute Gasteiger partial charge is 0.297 e. The molecule has 19 heavy (non-hydrogen) atoms. The fourth-order valence-electron chi connectivity index (χ4n) is 1.94. The van der Waals surface area contributed by atoms with E-state index < -0.39 is 5.54 Å². The van der Waals surface area contributed by atoms with Crippen LogP contribution >= 0.6 is 23.4 Å². The number of rotatable bonds is 7. The summed E-state index contributed by atoms with van der Waals surface area (Å²) in [5.41, 5.74) is -0.422. The van der Waals surface area contributed by atoms with Gasteiger partial charge >= 0.3 is 0 Å². The number of nitrogens with zero attached hydrogens (tertiary/aromatic N) is 1. The van der Waals surface area contributed by atoms with Crippen LogP contribution in [0.5, 0.6) is 0 Å². The highest BCUT2D eigenvalue weighted by Gasteiger charge is 2.23. The molecule has 0 aliphatic carbocycles. The second-order valence-corrected chi connectivity index (χ2v) is 6.75. The van der Waals surface area contributed by atoms with E-state index in [9.17, 15) is 5.26 Å². The summed E-state index contributed by atoms with van der Waals surface area (Å²) in [4.78, 5) is 1.22. The van der Waals surface area contributed by atoms with Crippen molar-refractivity contribution in [2.75, 3.05) is 5.75 Å². The predicted molar refractivity (Wildman–Crippen MR) is 83.7 cm³/mol. The van der Waals surface area contributed by atoms with E-state index >= 15 is 0 Å². The first-order chi connectivity index (χ1) is 8.95. The third-order valence-electron chi connectivity index (χ3n) is 2.76. The summed E-state index contributed by atoms with van der Waals surface area (Å²) in [6.45, 7) is 6.11. The van der Waals surface area contributed by atoms with Gasteiger partial charge in [0.1, 0.15) is 5.54 Å². The molecule has 0 aromatic heterocycles. The van der Waals surface area contributed by atoms with Crippen LogP contribution in [0.4, 0.5) is 0 Å². The van der Waals surface area contributed by atoms with Crippen LogP contribution < -0.4 is 5.32 Å². The molecule has 0 bridgehead atoms. The van der Waals surface area contributed by atoms with Crippen LogP contribution in [0, 0.1) is 11.3 Å². The van der Waals surface area contributed by atoms with Gasteiger partial charge in [-0.25, -0.2) is 0 Å². The number of nitriles is 1. The Morgan fingerprint density at radius 1 is 1.37 bits per heavy atom. The van der Waals surface area contributed by atoms with Crippen molar-refractivity contribution in [2.24, 2.45) is 0 Å². The molecule has 0 aliphatic rings. The lowest BCUT2D eigenvalue weighted by molar-refractivity contribution is 0.380. The Hall–Kier alpha value is -0.690. The standard InChI is InChI=1S/C15H21ClN2S/c1-12(2)18-15(3,11-17)9-4-10-19-14-7-5-13(16)6-8-14/h5-8,12,18H,4,9-10H2,1-3H3. The molecule has 0 amide bonds. The molecule has 0 spiro atoms. The minimum atomic E-state index is -0.422. The lowest BCUT2D eigenvalue weighted by atomic mass is 9.97. The summed E-state index contributed by atoms with van der Waals surface area (Å²) >= 11 is 7.65. The third-order valence-corrected chi connectivity index (χ3v) is 4.11. The molecule has 2 nitrogen and oxygen atoms in total. The van der Waals surface area contributed by atoms with Gasteiger partial charge in [0.15, 0.2) is 0 Å². The summed E-state index contributed by atoms with van der Waals surface area (Å²) < 4.78 is 0. The zero-order valence-corrected chi connectivity index (χ0v) is 13.3. The van der Waals surface area contributed by atoms with E-state index in [0.29, 0.717) is 6.04 Å². The summed E-state index contributed by atoms with van der Waals surface area (Å²) in [7, 11) is 0. The molecular formula is C15H21ClN2S. The van der Waals surface area contributed by atoms with Crippen LogP contribution in [0.2, 0.25) is 5.02 Å². The maximum Gasteiger partial charge on any atom is 0.104 e. The van der Waals surface area contributed by atoms with E-state index in [1.165, 1.54) is 4.90 Å². The molecule has 0 radical (unpaired) electrons. The van der Waals surface area contributed by atoms with Crippen LogP contribution in [0.15, 0.2) is 29.2 Å². The van der Waals surface area contributed by atoms with E-state index in [-0.39, 0.29) is 0 Å². The molecule has 1 aromatic rings. The molecule has 0 saturated carbocycles. The highest BCUT2D eigenvalue weighted by Crippen LogP contribution is 2.23. The number of nitrogens with one attached hydrogen (secondary N) is 1. The second kappa shape index (κ2) is 7.79. The second-order valence-electron chi connectivity index (χ2n) is 5.15. The number of hydrogen-bond acceptors (Lipinski definition) is 3. The van der Waals surface area contributed by atoms with Gasteiger partial charge in [-0.2, -0.15) is 5.26 Å². The van der Waals surface area contributed by atoms with E-state index in [1.54, 1.807) is 11.8 Å². The van der Waals surface area contributed by atoms with Crippen molar-refractivity contribution >= 4 is 23.4 Å². The lowest BCUT2D eigenvalue weighted by Gasteiger charge is -2.25. The van der Waals surface area contributed by atoms with Crippen molar-refractivity contribution in [2.45, 2.75) is 50.1 Å². The van der Waals surface area contributed by atoms with Crippen LogP contribution in [-0.2, 0) is 0 Å². The SMILES string of the molecule is CC(C)NC(C)(C#N)CCCSc1ccc(Cl)cc1. The van der Waals surface area contributed by atoms with E-state index in [2.05, 4.69) is 25.2 Å². The molecule has 0 fully saturated rings. The number of thioether (sulfide) groups is 1. The quantitative estimate of drug-likeness (QED) is 0.595. The zero-order chi connectivity index (χ0) is 14.3. The Labute approximate surface area is 125 Å². The molecule has 4 heteroatoms. The number of hydrogen-bond donors (Lipinski definition) is 1. The molecule has 0 saturated heterocycles. The van der Waals surface area contributed by atoms with Crippen molar-refractivity contribution in [1.82, 2.24) is 5.32 Å². The molecule has 1 N–H and O–H groups in total. The van der Waals surface area contributed by atoms with Crippen molar-refractivity contribution in [3.8, 4) is 6.07 Å². The highest BCUT2D eigenvalue weighted by atomic mass is 35.5. The van der Waals surface area contributed by atoms with Crippen LogP contribution in [0.25, 0.3) is 0 Å². The van der Waals surface area contributed by atoms with Gasteiger partial charge in [0.2, 0.25) is 0 Å². The van der Waals surface area contributed by atoms with Gasteiger partial charge in [-0.05, 0) is 63.6 Å². The summed E-state index contributed by atoms with van der Waals surface area (Å²) in [5, 5.41) is 13.3. The topological polar surface area (TPSA) is 35.8 Å². The Morgan fingerprint density at radius 3 is 2.53 bits per heavy atom. The van der Waals surface area contributed by atoms with Gasteiger partial charge in [-0.15, -0.1) is 11.8 Å². The molecule has 1 atom stereocenters. The molecule has 0 heterocycles. The Morgan fingerprint density at radius 2 is 2.00 bits per heavy atom. The molecule has 1 aromatic carbocycles. The van der Waals surface area contributed by atoms with Gasteiger partial charge in [0, 0.05) is 16.0 Å². The first-order valence-corrected chi connectivity index (χ1v) is 7.89. The van der Waals surface area contributed by atoms with Crippen LogP contribution in [0.3, 0.4) is 0 Å². The normalized spacial score (nSPS) is 14.1. The first-order valence-electron chi connectivity index (χ1n) is 6.52. The van der Waals surface area contributed by atoms with Crippen LogP contribution in [-0.4, -0.2) is 17.3 Å². The molecular weight excluding hydrogens is 276 g/mol. The van der Waals surface area contributed by atoms with Crippen molar-refractivity contribution in [3.63, 3.8) is 0 Å². The smallest absolute Gasteiger partial charge is 0.104 e. The fourth-order valence-corrected chi connectivity index (χ4v) is 2.92. The average molecular weight is 297 g/mol. The molecule has 1 rings (SSSR count). The lowest BCUT2D eigenvalue weighted by Crippen LogP contribution is -2.44. The van der Waals surface area contributed by atoms with Crippen molar-refractivity contribution < 1.29 is 0 Å². The Balaban J connectivity index is 2.33. The maximum atomic E-state index is 9.25. The average Bonchev–Trinajstić information content (AvgIpc) is 2.36. The van der Waals surface area contributed by atoms with E-state index in [0.717, 1.165) is 23.6 Å². The fraction of sp³-hybridized carbons (Fsp3) is 0.533. The van der Waals surface area contributed by atoms with Crippen LogP contribution in [0.1, 0.15) is 33.6 Å². The Bertz CT molecular complexity index is 425. The number of halogens is 1. The maximum absolute atomic E-state index is 9.25. The minimum Gasteiger partial charge on any atom is -0.297 e. The highest BCUT2D eigenvalue weighted by molar-refractivity contribution is 7.99.